The van der Waals surface area contributed by atoms with Gasteiger partial charge in [0.05, 0.1) is 11.1 Å². The zero-order valence-corrected chi connectivity index (χ0v) is 23.1. The van der Waals surface area contributed by atoms with Crippen molar-refractivity contribution < 1.29 is 18.0 Å². The number of carbonyl (C=O) groups is 1. The monoisotopic (exact) mass is 556 g/mol. The number of carbonyl (C=O) groups excluding carboxylic acids is 1. The topological polar surface area (TPSA) is 62.5 Å². The molecule has 1 aromatic heterocycles. The van der Waals surface area contributed by atoms with Crippen molar-refractivity contribution in [3.05, 3.63) is 106 Å². The maximum absolute atomic E-state index is 14.0. The second-order valence-corrected chi connectivity index (χ2v) is 10.6. The summed E-state index contributed by atoms with van der Waals surface area (Å²) in [4.78, 5) is 21.5. The van der Waals surface area contributed by atoms with Crippen molar-refractivity contribution in [2.75, 3.05) is 39.0 Å². The van der Waals surface area contributed by atoms with Crippen molar-refractivity contribution in [3.8, 4) is 11.8 Å². The van der Waals surface area contributed by atoms with Crippen LogP contribution in [0, 0.1) is 18.8 Å². The molecule has 1 aliphatic rings. The molecule has 0 amide bonds. The number of fused-ring (bicyclic) bond motifs is 1. The van der Waals surface area contributed by atoms with Crippen LogP contribution in [0.15, 0.2) is 66.9 Å². The lowest BCUT2D eigenvalue weighted by Crippen LogP contribution is -2.44. The van der Waals surface area contributed by atoms with Gasteiger partial charge in [-0.3, -0.25) is 9.69 Å². The average Bonchev–Trinajstić information content (AvgIpc) is 2.95. The minimum Gasteiger partial charge on any atom is -0.383 e. The second-order valence-electron chi connectivity index (χ2n) is 10.6. The Morgan fingerprint density at radius 1 is 0.951 bits per heavy atom. The highest BCUT2D eigenvalue weighted by Gasteiger charge is 2.34. The molecule has 210 valence electrons. The van der Waals surface area contributed by atoms with Crippen LogP contribution in [0.4, 0.5) is 19.0 Å². The van der Waals surface area contributed by atoms with Crippen LogP contribution >= 0.6 is 0 Å². The summed E-state index contributed by atoms with van der Waals surface area (Å²) in [5.41, 5.74) is 8.61. The lowest BCUT2D eigenvalue weighted by Gasteiger charge is -2.33. The minimum atomic E-state index is -4.50. The number of benzene rings is 3. The van der Waals surface area contributed by atoms with Crippen LogP contribution in [-0.2, 0) is 19.1 Å². The summed E-state index contributed by atoms with van der Waals surface area (Å²) in [5.74, 6) is 6.49. The fraction of sp³-hybridized carbons (Fsp3) is 0.273. The molecule has 5 rings (SSSR count). The summed E-state index contributed by atoms with van der Waals surface area (Å²) in [6.45, 7) is 5.19. The number of anilines is 1. The molecule has 0 saturated carbocycles. The molecule has 3 aromatic carbocycles. The van der Waals surface area contributed by atoms with Gasteiger partial charge in [0.15, 0.2) is 5.78 Å². The van der Waals surface area contributed by atoms with Gasteiger partial charge in [0.25, 0.3) is 0 Å². The number of likely N-dealkylation sites (N-methyl/N-ethyl adjacent to an activating group) is 1. The van der Waals surface area contributed by atoms with Gasteiger partial charge in [-0.2, -0.15) is 13.2 Å². The standard InChI is InChI=1S/C33H31F3N4O/c1-22-17-25(11-9-24(22)10-12-26-20-38-32(37)29-6-4-3-5-28(26)29)31(41)19-23-7-8-27(30(18-23)33(34,35)36)21-40-15-13-39(2)14-16-40/h3-9,11,17-18,20H,13-16,19,21H2,1-2H3,(H2,37,38). The number of pyridine rings is 1. The van der Waals surface area contributed by atoms with Crippen LogP contribution in [0.3, 0.4) is 0 Å². The largest absolute Gasteiger partial charge is 0.416 e. The molecule has 0 atom stereocenters. The van der Waals surface area contributed by atoms with Gasteiger partial charge in [0.2, 0.25) is 0 Å². The van der Waals surface area contributed by atoms with E-state index in [1.807, 2.05) is 43.1 Å². The first-order valence-corrected chi connectivity index (χ1v) is 13.5. The number of rotatable bonds is 5. The van der Waals surface area contributed by atoms with Crippen molar-refractivity contribution in [2.45, 2.75) is 26.1 Å². The highest BCUT2D eigenvalue weighted by atomic mass is 19.4. The van der Waals surface area contributed by atoms with E-state index >= 15 is 0 Å². The minimum absolute atomic E-state index is 0.120. The van der Waals surface area contributed by atoms with Crippen LogP contribution in [0.1, 0.15) is 43.7 Å². The number of nitrogens with two attached hydrogens (primary N) is 1. The predicted octanol–water partition coefficient (Wildman–Crippen LogP) is 5.72. The Kier molecular flexibility index (Phi) is 8.11. The van der Waals surface area contributed by atoms with Gasteiger partial charge in [-0.25, -0.2) is 4.98 Å². The molecule has 1 aliphatic heterocycles. The van der Waals surface area contributed by atoms with E-state index in [0.717, 1.165) is 59.7 Å². The summed E-state index contributed by atoms with van der Waals surface area (Å²) in [5, 5.41) is 1.74. The molecule has 0 radical (unpaired) electrons. The van der Waals surface area contributed by atoms with Crippen LogP contribution in [0.5, 0.6) is 0 Å². The Morgan fingerprint density at radius 3 is 2.37 bits per heavy atom. The number of ketones is 1. The van der Waals surface area contributed by atoms with E-state index in [-0.39, 0.29) is 24.3 Å². The average molecular weight is 557 g/mol. The molecule has 8 heteroatoms. The summed E-state index contributed by atoms with van der Waals surface area (Å²) < 4.78 is 41.9. The summed E-state index contributed by atoms with van der Waals surface area (Å²) in [7, 11) is 2.01. The van der Waals surface area contributed by atoms with Gasteiger partial charge < -0.3 is 10.6 Å². The fourth-order valence-corrected chi connectivity index (χ4v) is 5.10. The van der Waals surface area contributed by atoms with Gasteiger partial charge in [-0.15, -0.1) is 0 Å². The normalized spacial score (nSPS) is 14.6. The number of hydrogen-bond donors (Lipinski definition) is 1. The Balaban J connectivity index is 1.33. The molecule has 5 nitrogen and oxygen atoms in total. The quantitative estimate of drug-likeness (QED) is 0.252. The first kappa shape index (κ1) is 28.3. The van der Waals surface area contributed by atoms with Crippen LogP contribution in [0.25, 0.3) is 10.8 Å². The van der Waals surface area contributed by atoms with Crippen molar-refractivity contribution in [2.24, 2.45) is 0 Å². The molecule has 4 aromatic rings. The molecule has 0 bridgehead atoms. The van der Waals surface area contributed by atoms with Crippen LogP contribution in [-0.4, -0.2) is 53.8 Å². The van der Waals surface area contributed by atoms with Crippen molar-refractivity contribution in [3.63, 3.8) is 0 Å². The fourth-order valence-electron chi connectivity index (χ4n) is 5.10. The molecule has 41 heavy (non-hydrogen) atoms. The maximum atomic E-state index is 14.0. The number of alkyl halides is 3. The molecule has 2 heterocycles. The Morgan fingerprint density at radius 2 is 1.66 bits per heavy atom. The third-order valence-corrected chi connectivity index (χ3v) is 7.54. The molecule has 1 fully saturated rings. The highest BCUT2D eigenvalue weighted by molar-refractivity contribution is 5.98. The van der Waals surface area contributed by atoms with Crippen molar-refractivity contribution >= 4 is 22.4 Å². The van der Waals surface area contributed by atoms with Crippen LogP contribution < -0.4 is 5.73 Å². The van der Waals surface area contributed by atoms with E-state index in [9.17, 15) is 18.0 Å². The number of piperazine rings is 1. The lowest BCUT2D eigenvalue weighted by atomic mass is 9.96. The third-order valence-electron chi connectivity index (χ3n) is 7.54. The van der Waals surface area contributed by atoms with Gasteiger partial charge in [-0.05, 0) is 48.9 Å². The third kappa shape index (κ3) is 6.59. The van der Waals surface area contributed by atoms with E-state index in [2.05, 4.69) is 21.7 Å². The Bertz CT molecular complexity index is 1660. The number of nitrogen functional groups attached to an aromatic ring is 1. The zero-order valence-electron chi connectivity index (χ0n) is 23.1. The number of hydrogen-bond acceptors (Lipinski definition) is 5. The first-order valence-electron chi connectivity index (χ1n) is 13.5. The Hall–Kier alpha value is -4.19. The molecule has 0 spiro atoms. The molecule has 0 unspecified atom stereocenters. The number of nitrogens with zero attached hydrogens (tertiary/aromatic N) is 3. The smallest absolute Gasteiger partial charge is 0.383 e. The summed E-state index contributed by atoms with van der Waals surface area (Å²) in [6.07, 6.45) is -2.97. The summed E-state index contributed by atoms with van der Waals surface area (Å²) >= 11 is 0. The maximum Gasteiger partial charge on any atom is 0.416 e. The van der Waals surface area contributed by atoms with E-state index in [4.69, 9.17) is 5.73 Å². The highest BCUT2D eigenvalue weighted by Crippen LogP contribution is 2.34. The van der Waals surface area contributed by atoms with Gasteiger partial charge in [0.1, 0.15) is 5.82 Å². The lowest BCUT2D eigenvalue weighted by molar-refractivity contribution is -0.138. The molecule has 0 aliphatic carbocycles. The van der Waals surface area contributed by atoms with Crippen molar-refractivity contribution in [1.29, 1.82) is 0 Å². The van der Waals surface area contributed by atoms with Crippen LogP contribution in [0.2, 0.25) is 0 Å². The molecule has 2 N–H and O–H groups in total. The van der Waals surface area contributed by atoms with E-state index in [0.29, 0.717) is 16.9 Å². The van der Waals surface area contributed by atoms with Gasteiger partial charge >= 0.3 is 6.18 Å². The Labute approximate surface area is 237 Å². The number of halogens is 3. The molecule has 1 saturated heterocycles. The SMILES string of the molecule is Cc1cc(C(=O)Cc2ccc(CN3CCN(C)CC3)c(C(F)(F)F)c2)ccc1C#Cc1cnc(N)c2ccccc12. The van der Waals surface area contributed by atoms with Gasteiger partial charge in [-0.1, -0.05) is 54.3 Å². The van der Waals surface area contributed by atoms with Crippen molar-refractivity contribution in [1.82, 2.24) is 14.8 Å². The molecular formula is C33H31F3N4O. The number of aryl methyl sites for hydroxylation is 1. The molecular weight excluding hydrogens is 525 g/mol. The predicted molar refractivity (Wildman–Crippen MR) is 156 cm³/mol. The van der Waals surface area contributed by atoms with E-state index < -0.39 is 11.7 Å². The second kappa shape index (κ2) is 11.7. The van der Waals surface area contributed by atoms with Gasteiger partial charge in [0, 0.05) is 67.2 Å². The van der Waals surface area contributed by atoms with E-state index in [1.165, 1.54) is 6.07 Å². The van der Waals surface area contributed by atoms with E-state index in [1.54, 1.807) is 30.5 Å². The number of aromatic nitrogens is 1. The number of Topliss-reactive ketones (excluding diaryl/α,β-unsaturated/α-hetero) is 1. The summed E-state index contributed by atoms with van der Waals surface area (Å²) in [6, 6.07) is 17.1. The zero-order chi connectivity index (χ0) is 29.1. The first-order chi connectivity index (χ1) is 19.6.